The second-order valence-corrected chi connectivity index (χ2v) is 4.83. The van der Waals surface area contributed by atoms with Crippen molar-refractivity contribution in [2.75, 3.05) is 5.32 Å². The van der Waals surface area contributed by atoms with E-state index in [1.807, 2.05) is 0 Å². The second kappa shape index (κ2) is 5.96. The van der Waals surface area contributed by atoms with E-state index < -0.39 is 6.61 Å². The van der Waals surface area contributed by atoms with Crippen molar-refractivity contribution in [2.24, 2.45) is 0 Å². The van der Waals surface area contributed by atoms with Gasteiger partial charge in [-0.2, -0.15) is 13.2 Å². The van der Waals surface area contributed by atoms with Gasteiger partial charge in [-0.15, -0.1) is 0 Å². The number of halogens is 2. The molecule has 20 heavy (non-hydrogen) atoms. The molecular formula is C13H12F2N2O2S. The highest BCUT2D eigenvalue weighted by Gasteiger charge is 2.15. The molecule has 7 heteroatoms. The summed E-state index contributed by atoms with van der Waals surface area (Å²) in [6, 6.07) is 6.04. The molecule has 0 atom stereocenters. The average molecular weight is 298 g/mol. The number of hydrogen-bond acceptors (Lipinski definition) is 5. The fourth-order valence-electron chi connectivity index (χ4n) is 1.72. The third kappa shape index (κ3) is 3.30. The molecule has 0 spiro atoms. The summed E-state index contributed by atoms with van der Waals surface area (Å²) in [5.74, 6) is 0.00855. The van der Waals surface area contributed by atoms with E-state index in [4.69, 9.17) is 0 Å². The number of alkyl halides is 2. The first-order valence-electron chi connectivity index (χ1n) is 5.76. The van der Waals surface area contributed by atoms with Gasteiger partial charge in [0.1, 0.15) is 10.8 Å². The van der Waals surface area contributed by atoms with Gasteiger partial charge in [-0.25, -0.2) is 0 Å². The summed E-state index contributed by atoms with van der Waals surface area (Å²) in [6.07, 6.45) is 0. The molecule has 0 saturated heterocycles. The minimum absolute atomic E-state index is 0.0728. The molecule has 0 bridgehead atoms. The molecule has 1 aromatic carbocycles. The van der Waals surface area contributed by atoms with E-state index in [1.54, 1.807) is 19.1 Å². The molecule has 0 aliphatic carbocycles. The number of nitrogens with zero attached hydrogens (tertiary/aromatic N) is 1. The topological polar surface area (TPSA) is 51.2 Å². The van der Waals surface area contributed by atoms with Crippen LogP contribution in [0.2, 0.25) is 0 Å². The number of Topliss-reactive ketones (excluding diaryl/α,β-unsaturated/α-hetero) is 1. The summed E-state index contributed by atoms with van der Waals surface area (Å²) in [4.78, 5) is 11.5. The molecule has 0 fully saturated rings. The number of carbonyl (C=O) groups excluding carboxylic acids is 1. The summed E-state index contributed by atoms with van der Waals surface area (Å²) in [6.45, 7) is 0.390. The lowest BCUT2D eigenvalue weighted by Gasteiger charge is -2.07. The first-order valence-corrected chi connectivity index (χ1v) is 6.54. The largest absolute Gasteiger partial charge is 0.435 e. The predicted octanol–water partition coefficient (Wildman–Crippen LogP) is 4.00. The fraction of sp³-hybridized carbons (Fsp3) is 0.231. The summed E-state index contributed by atoms with van der Waals surface area (Å²) in [5, 5.41) is 3.68. The standard InChI is InChI=1S/C13H12F2N2O2S/c1-7-11(8(2)18)12(20-17-7)16-9-3-5-10(6-4-9)19-13(14)15/h3-6,13,16H,1-2H3. The van der Waals surface area contributed by atoms with Crippen LogP contribution in [0, 0.1) is 6.92 Å². The van der Waals surface area contributed by atoms with Gasteiger partial charge < -0.3 is 10.1 Å². The highest BCUT2D eigenvalue weighted by Crippen LogP contribution is 2.29. The van der Waals surface area contributed by atoms with Gasteiger partial charge in [0.25, 0.3) is 0 Å². The molecule has 2 aromatic rings. The Morgan fingerprint density at radius 3 is 2.55 bits per heavy atom. The number of hydrogen-bond donors (Lipinski definition) is 1. The number of benzene rings is 1. The maximum absolute atomic E-state index is 12.0. The van der Waals surface area contributed by atoms with Crippen LogP contribution in [0.4, 0.5) is 19.5 Å². The van der Waals surface area contributed by atoms with Gasteiger partial charge in [-0.05, 0) is 49.6 Å². The van der Waals surface area contributed by atoms with Crippen molar-refractivity contribution < 1.29 is 18.3 Å². The highest BCUT2D eigenvalue weighted by molar-refractivity contribution is 7.10. The summed E-state index contributed by atoms with van der Waals surface area (Å²) >= 11 is 1.18. The van der Waals surface area contributed by atoms with Crippen molar-refractivity contribution in [3.63, 3.8) is 0 Å². The van der Waals surface area contributed by atoms with E-state index in [0.717, 1.165) is 0 Å². The lowest BCUT2D eigenvalue weighted by molar-refractivity contribution is -0.0498. The lowest BCUT2D eigenvalue weighted by Crippen LogP contribution is -2.02. The molecule has 2 rings (SSSR count). The molecular weight excluding hydrogens is 286 g/mol. The van der Waals surface area contributed by atoms with Crippen LogP contribution in [0.25, 0.3) is 0 Å². The van der Waals surface area contributed by atoms with Crippen molar-refractivity contribution >= 4 is 28.0 Å². The van der Waals surface area contributed by atoms with Crippen molar-refractivity contribution in [1.29, 1.82) is 0 Å². The Bertz CT molecular complexity index is 611. The van der Waals surface area contributed by atoms with Gasteiger partial charge in [-0.3, -0.25) is 4.79 Å². The number of aromatic nitrogens is 1. The van der Waals surface area contributed by atoms with Gasteiger partial charge in [-0.1, -0.05) is 0 Å². The molecule has 0 unspecified atom stereocenters. The van der Waals surface area contributed by atoms with E-state index in [1.165, 1.54) is 30.6 Å². The number of ether oxygens (including phenoxy) is 1. The van der Waals surface area contributed by atoms with Crippen LogP contribution in [0.5, 0.6) is 5.75 Å². The van der Waals surface area contributed by atoms with E-state index in [9.17, 15) is 13.6 Å². The van der Waals surface area contributed by atoms with E-state index in [-0.39, 0.29) is 11.5 Å². The normalized spacial score (nSPS) is 10.7. The SMILES string of the molecule is CC(=O)c1c(C)nsc1Nc1ccc(OC(F)F)cc1. The smallest absolute Gasteiger partial charge is 0.387 e. The van der Waals surface area contributed by atoms with Gasteiger partial charge in [0.15, 0.2) is 5.78 Å². The molecule has 1 aromatic heterocycles. The predicted molar refractivity (Wildman–Crippen MR) is 73.2 cm³/mol. The Hall–Kier alpha value is -2.02. The van der Waals surface area contributed by atoms with Gasteiger partial charge in [0, 0.05) is 5.69 Å². The van der Waals surface area contributed by atoms with Crippen molar-refractivity contribution in [3.8, 4) is 5.75 Å². The summed E-state index contributed by atoms with van der Waals surface area (Å²) in [7, 11) is 0. The molecule has 1 heterocycles. The van der Waals surface area contributed by atoms with Crippen LogP contribution in [0.3, 0.4) is 0 Å². The van der Waals surface area contributed by atoms with Crippen LogP contribution in [0.15, 0.2) is 24.3 Å². The highest BCUT2D eigenvalue weighted by atomic mass is 32.1. The van der Waals surface area contributed by atoms with Gasteiger partial charge in [0.05, 0.1) is 11.3 Å². The van der Waals surface area contributed by atoms with Crippen molar-refractivity contribution in [1.82, 2.24) is 4.37 Å². The molecule has 1 N–H and O–H groups in total. The minimum Gasteiger partial charge on any atom is -0.435 e. The summed E-state index contributed by atoms with van der Waals surface area (Å²) in [5.41, 5.74) is 1.88. The zero-order valence-electron chi connectivity index (χ0n) is 10.8. The molecule has 0 aliphatic rings. The Kier molecular flexibility index (Phi) is 4.29. The third-order valence-corrected chi connectivity index (χ3v) is 3.41. The van der Waals surface area contributed by atoms with Crippen molar-refractivity contribution in [2.45, 2.75) is 20.5 Å². The van der Waals surface area contributed by atoms with Crippen LogP contribution >= 0.6 is 11.5 Å². The van der Waals surface area contributed by atoms with Crippen LogP contribution in [-0.4, -0.2) is 16.8 Å². The molecule has 0 saturated carbocycles. The third-order valence-electron chi connectivity index (χ3n) is 2.55. The van der Waals surface area contributed by atoms with Crippen LogP contribution in [-0.2, 0) is 0 Å². The number of ketones is 1. The lowest BCUT2D eigenvalue weighted by atomic mass is 10.2. The molecule has 0 amide bonds. The average Bonchev–Trinajstić information content (AvgIpc) is 2.72. The second-order valence-electron chi connectivity index (χ2n) is 4.06. The number of rotatable bonds is 5. The summed E-state index contributed by atoms with van der Waals surface area (Å²) < 4.78 is 32.4. The Balaban J connectivity index is 2.16. The van der Waals surface area contributed by atoms with Crippen LogP contribution in [0.1, 0.15) is 23.0 Å². The zero-order valence-corrected chi connectivity index (χ0v) is 11.6. The Morgan fingerprint density at radius 1 is 1.35 bits per heavy atom. The van der Waals surface area contributed by atoms with Gasteiger partial charge in [0.2, 0.25) is 0 Å². The van der Waals surface area contributed by atoms with Gasteiger partial charge >= 0.3 is 6.61 Å². The van der Waals surface area contributed by atoms with E-state index >= 15 is 0 Å². The number of anilines is 2. The quantitative estimate of drug-likeness (QED) is 0.848. The zero-order chi connectivity index (χ0) is 14.7. The maximum Gasteiger partial charge on any atom is 0.387 e. The molecule has 106 valence electrons. The van der Waals surface area contributed by atoms with Crippen LogP contribution < -0.4 is 10.1 Å². The van der Waals surface area contributed by atoms with E-state index in [2.05, 4.69) is 14.4 Å². The first-order chi connectivity index (χ1) is 9.47. The molecule has 0 aliphatic heterocycles. The van der Waals surface area contributed by atoms with Crippen molar-refractivity contribution in [3.05, 3.63) is 35.5 Å². The maximum atomic E-state index is 12.0. The van der Waals surface area contributed by atoms with E-state index in [0.29, 0.717) is 21.9 Å². The fourth-order valence-corrected chi connectivity index (χ4v) is 2.59. The first kappa shape index (κ1) is 14.4. The number of aryl methyl sites for hydroxylation is 1. The number of carbonyl (C=O) groups is 1. The Morgan fingerprint density at radius 2 is 2.00 bits per heavy atom. The Labute approximate surface area is 118 Å². The molecule has 4 nitrogen and oxygen atoms in total. The monoisotopic (exact) mass is 298 g/mol. The molecule has 0 radical (unpaired) electrons. The minimum atomic E-state index is -2.85. The number of nitrogens with one attached hydrogen (secondary N) is 1.